The molecule has 0 spiro atoms. The number of H-pyrrole nitrogens is 1. The molecule has 0 saturated heterocycles. The Hall–Kier alpha value is -3.28. The van der Waals surface area contributed by atoms with E-state index in [4.69, 9.17) is 9.47 Å². The minimum atomic E-state index is -0.149. The molecule has 3 rings (SSSR count). The molecule has 0 aliphatic heterocycles. The number of hydrogen-bond acceptors (Lipinski definition) is 5. The Morgan fingerprint density at radius 1 is 1.04 bits per heavy atom. The molecule has 2 aromatic carbocycles. The van der Waals surface area contributed by atoms with E-state index in [2.05, 4.69) is 15.3 Å². The second kappa shape index (κ2) is 7.74. The number of aryl methyl sites for hydroxylation is 1. The van der Waals surface area contributed by atoms with E-state index >= 15 is 0 Å². The van der Waals surface area contributed by atoms with Crippen LogP contribution in [0.25, 0.3) is 0 Å². The number of ether oxygens (including phenoxy) is 2. The first-order valence-corrected chi connectivity index (χ1v) is 8.23. The number of nitrogens with zero attached hydrogens (tertiary/aromatic N) is 1. The molecule has 3 aromatic rings. The van der Waals surface area contributed by atoms with Gasteiger partial charge in [-0.2, -0.15) is 0 Å². The molecule has 134 valence electrons. The summed E-state index contributed by atoms with van der Waals surface area (Å²) >= 11 is 0. The number of aromatic amines is 1. The monoisotopic (exact) mass is 351 g/mol. The number of hydrogen-bond donors (Lipinski definition) is 2. The van der Waals surface area contributed by atoms with E-state index in [0.717, 1.165) is 11.3 Å². The van der Waals surface area contributed by atoms with Crippen LogP contribution in [0.1, 0.15) is 16.8 Å². The third-order valence-corrected chi connectivity index (χ3v) is 4.09. The van der Waals surface area contributed by atoms with Crippen molar-refractivity contribution in [2.75, 3.05) is 19.5 Å². The average Bonchev–Trinajstić information content (AvgIpc) is 2.65. The molecule has 0 bridgehead atoms. The molecule has 1 aromatic heterocycles. The van der Waals surface area contributed by atoms with Gasteiger partial charge >= 0.3 is 0 Å². The van der Waals surface area contributed by atoms with Crippen LogP contribution in [0.15, 0.2) is 53.3 Å². The van der Waals surface area contributed by atoms with E-state index in [1.165, 1.54) is 0 Å². The van der Waals surface area contributed by atoms with Crippen LogP contribution < -0.4 is 20.3 Å². The van der Waals surface area contributed by atoms with E-state index in [1.807, 2.05) is 43.3 Å². The van der Waals surface area contributed by atoms with Crippen LogP contribution in [0.3, 0.4) is 0 Å². The number of aromatic nitrogens is 2. The first-order chi connectivity index (χ1) is 12.6. The van der Waals surface area contributed by atoms with Crippen molar-refractivity contribution in [3.63, 3.8) is 0 Å². The normalized spacial score (nSPS) is 10.4. The summed E-state index contributed by atoms with van der Waals surface area (Å²) in [6.07, 6.45) is 0.547. The second-order valence-corrected chi connectivity index (χ2v) is 5.84. The van der Waals surface area contributed by atoms with Crippen molar-refractivity contribution in [3.8, 4) is 11.5 Å². The lowest BCUT2D eigenvalue weighted by atomic mass is 10.1. The summed E-state index contributed by atoms with van der Waals surface area (Å²) in [5.41, 5.74) is 3.02. The Morgan fingerprint density at radius 2 is 1.77 bits per heavy atom. The lowest BCUT2D eigenvalue weighted by Gasteiger charge is -2.12. The smallest absolute Gasteiger partial charge is 0.256 e. The third-order valence-electron chi connectivity index (χ3n) is 4.09. The molecule has 0 aliphatic rings. The average molecular weight is 351 g/mol. The first-order valence-electron chi connectivity index (χ1n) is 8.23. The van der Waals surface area contributed by atoms with Gasteiger partial charge in [-0.25, -0.2) is 4.98 Å². The molecule has 6 heteroatoms. The van der Waals surface area contributed by atoms with Crippen molar-refractivity contribution in [1.29, 1.82) is 0 Å². The van der Waals surface area contributed by atoms with Crippen molar-refractivity contribution in [3.05, 3.63) is 75.7 Å². The third kappa shape index (κ3) is 3.85. The Morgan fingerprint density at radius 3 is 2.42 bits per heavy atom. The van der Waals surface area contributed by atoms with E-state index in [1.54, 1.807) is 26.4 Å². The summed E-state index contributed by atoms with van der Waals surface area (Å²) in [7, 11) is 3.16. The number of benzene rings is 2. The fourth-order valence-electron chi connectivity index (χ4n) is 2.73. The van der Waals surface area contributed by atoms with Gasteiger partial charge in [-0.3, -0.25) is 9.78 Å². The SMILES string of the molecule is COc1ccc(Nc2nc(C)c(Cc3ccccc3)c(=O)[nH]2)cc1OC. The highest BCUT2D eigenvalue weighted by Gasteiger charge is 2.10. The van der Waals surface area contributed by atoms with Gasteiger partial charge in [0.1, 0.15) is 0 Å². The zero-order chi connectivity index (χ0) is 18.5. The quantitative estimate of drug-likeness (QED) is 0.711. The maximum Gasteiger partial charge on any atom is 0.256 e. The zero-order valence-corrected chi connectivity index (χ0v) is 15.0. The standard InChI is InChI=1S/C20H21N3O3/c1-13-16(11-14-7-5-4-6-8-14)19(24)23-20(21-13)22-15-9-10-17(25-2)18(12-15)26-3/h4-10,12H,11H2,1-3H3,(H2,21,22,23,24). The molecule has 0 atom stereocenters. The maximum atomic E-state index is 12.5. The molecule has 0 saturated carbocycles. The van der Waals surface area contributed by atoms with Crippen LogP contribution in [0, 0.1) is 6.92 Å². The van der Waals surface area contributed by atoms with Gasteiger partial charge in [0.15, 0.2) is 11.5 Å². The Balaban J connectivity index is 1.85. The van der Waals surface area contributed by atoms with E-state index in [9.17, 15) is 4.79 Å². The minimum Gasteiger partial charge on any atom is -0.493 e. The van der Waals surface area contributed by atoms with Gasteiger partial charge in [0.25, 0.3) is 5.56 Å². The van der Waals surface area contributed by atoms with E-state index in [-0.39, 0.29) is 5.56 Å². The maximum absolute atomic E-state index is 12.5. The lowest BCUT2D eigenvalue weighted by molar-refractivity contribution is 0.355. The number of methoxy groups -OCH3 is 2. The largest absolute Gasteiger partial charge is 0.493 e. The summed E-state index contributed by atoms with van der Waals surface area (Å²) < 4.78 is 10.5. The summed E-state index contributed by atoms with van der Waals surface area (Å²) in [4.78, 5) is 19.8. The molecule has 0 aliphatic carbocycles. The molecular weight excluding hydrogens is 330 g/mol. The predicted molar refractivity (Wildman–Crippen MR) is 102 cm³/mol. The molecule has 0 fully saturated rings. The number of rotatable bonds is 6. The summed E-state index contributed by atoms with van der Waals surface area (Å²) in [5, 5.41) is 3.10. The molecule has 0 unspecified atom stereocenters. The van der Waals surface area contributed by atoms with Gasteiger partial charge in [0, 0.05) is 23.7 Å². The number of nitrogens with one attached hydrogen (secondary N) is 2. The highest BCUT2D eigenvalue weighted by atomic mass is 16.5. The van der Waals surface area contributed by atoms with Crippen molar-refractivity contribution in [2.24, 2.45) is 0 Å². The molecular formula is C20H21N3O3. The topological polar surface area (TPSA) is 76.2 Å². The van der Waals surface area contributed by atoms with Gasteiger partial charge in [-0.15, -0.1) is 0 Å². The van der Waals surface area contributed by atoms with Gasteiger partial charge in [-0.1, -0.05) is 30.3 Å². The second-order valence-electron chi connectivity index (χ2n) is 5.84. The van der Waals surface area contributed by atoms with Crippen LogP contribution in [-0.4, -0.2) is 24.2 Å². The van der Waals surface area contributed by atoms with Crippen molar-refractivity contribution in [2.45, 2.75) is 13.3 Å². The van der Waals surface area contributed by atoms with Crippen molar-refractivity contribution >= 4 is 11.6 Å². The first kappa shape index (κ1) is 17.5. The van der Waals surface area contributed by atoms with Crippen LogP contribution >= 0.6 is 0 Å². The number of anilines is 2. The summed E-state index contributed by atoms with van der Waals surface area (Å²) in [5.74, 6) is 1.61. The van der Waals surface area contributed by atoms with Crippen molar-refractivity contribution in [1.82, 2.24) is 9.97 Å². The zero-order valence-electron chi connectivity index (χ0n) is 15.0. The van der Waals surface area contributed by atoms with Crippen molar-refractivity contribution < 1.29 is 9.47 Å². The Kier molecular flexibility index (Phi) is 5.22. The van der Waals surface area contributed by atoms with Gasteiger partial charge in [-0.05, 0) is 24.6 Å². The minimum absolute atomic E-state index is 0.149. The lowest BCUT2D eigenvalue weighted by Crippen LogP contribution is -2.18. The summed E-state index contributed by atoms with van der Waals surface area (Å²) in [6, 6.07) is 15.3. The molecule has 26 heavy (non-hydrogen) atoms. The highest BCUT2D eigenvalue weighted by Crippen LogP contribution is 2.30. The molecule has 0 amide bonds. The molecule has 0 radical (unpaired) electrons. The van der Waals surface area contributed by atoms with Gasteiger partial charge < -0.3 is 14.8 Å². The van der Waals surface area contributed by atoms with Crippen LogP contribution in [0.2, 0.25) is 0 Å². The summed E-state index contributed by atoms with van der Waals surface area (Å²) in [6.45, 7) is 1.84. The molecule has 1 heterocycles. The van der Waals surface area contributed by atoms with Gasteiger partial charge in [0.05, 0.1) is 19.9 Å². The fraction of sp³-hybridized carbons (Fsp3) is 0.200. The fourth-order valence-corrected chi connectivity index (χ4v) is 2.73. The predicted octanol–water partition coefficient (Wildman–Crippen LogP) is 3.43. The van der Waals surface area contributed by atoms with Crippen LogP contribution in [-0.2, 0) is 6.42 Å². The Bertz CT molecular complexity index is 952. The Labute approximate surface area is 151 Å². The van der Waals surface area contributed by atoms with Gasteiger partial charge in [0.2, 0.25) is 5.95 Å². The van der Waals surface area contributed by atoms with Crippen LogP contribution in [0.5, 0.6) is 11.5 Å². The van der Waals surface area contributed by atoms with E-state index < -0.39 is 0 Å². The van der Waals surface area contributed by atoms with Crippen LogP contribution in [0.4, 0.5) is 11.6 Å². The molecule has 2 N–H and O–H groups in total. The van der Waals surface area contributed by atoms with E-state index in [0.29, 0.717) is 35.1 Å². The molecule has 6 nitrogen and oxygen atoms in total. The highest BCUT2D eigenvalue weighted by molar-refractivity contribution is 5.59.